The number of aryl methyl sites for hydroxylation is 1. The minimum Gasteiger partial charge on any atom is -0.493 e. The summed E-state index contributed by atoms with van der Waals surface area (Å²) in [4.78, 5) is 12.1. The van der Waals surface area contributed by atoms with Crippen LogP contribution in [-0.4, -0.2) is 35.2 Å². The maximum absolute atomic E-state index is 13.0. The first-order chi connectivity index (χ1) is 14.7. The summed E-state index contributed by atoms with van der Waals surface area (Å²) in [7, 11) is -0.802. The lowest BCUT2D eigenvalue weighted by atomic mass is 10.1. The molecule has 0 aliphatic carbocycles. The quantitative estimate of drug-likeness (QED) is 0.521. The molecule has 0 saturated carbocycles. The van der Waals surface area contributed by atoms with E-state index >= 15 is 0 Å². The van der Waals surface area contributed by atoms with Crippen LogP contribution < -0.4 is 14.2 Å². The Hall–Kier alpha value is -3.04. The molecule has 0 bridgehead atoms. The van der Waals surface area contributed by atoms with Crippen molar-refractivity contribution in [2.75, 3.05) is 20.8 Å². The predicted molar refractivity (Wildman–Crippen MR) is 115 cm³/mol. The number of ether oxygens (including phenoxy) is 3. The molecule has 1 aromatic heterocycles. The van der Waals surface area contributed by atoms with Gasteiger partial charge >= 0.3 is 5.97 Å². The molecule has 1 atom stereocenters. The minimum atomic E-state index is -3.85. The number of methoxy groups -OCH3 is 2. The second-order valence-corrected chi connectivity index (χ2v) is 8.61. The van der Waals surface area contributed by atoms with Gasteiger partial charge in [0.15, 0.2) is 11.5 Å². The van der Waals surface area contributed by atoms with Gasteiger partial charge in [-0.1, -0.05) is 6.07 Å². The standard InChI is InChI=1S/C22H25NO7S/c1-6-29-22(24)21-13(2)17-12-16(8-10-18(17)30-21)31(25,26)23-14(3)15-7-9-19(27-4)20(11-15)28-5/h7-12,14,23H,6H2,1-5H3. The highest BCUT2D eigenvalue weighted by molar-refractivity contribution is 7.89. The number of furan rings is 1. The first-order valence-electron chi connectivity index (χ1n) is 9.66. The molecule has 9 heteroatoms. The highest BCUT2D eigenvalue weighted by atomic mass is 32.2. The molecule has 0 aliphatic rings. The molecule has 2 aromatic carbocycles. The molecule has 166 valence electrons. The minimum absolute atomic E-state index is 0.0617. The normalized spacial score (nSPS) is 12.5. The van der Waals surface area contributed by atoms with Crippen molar-refractivity contribution in [2.45, 2.75) is 31.7 Å². The number of carbonyl (C=O) groups is 1. The van der Waals surface area contributed by atoms with Crippen LogP contribution in [0.2, 0.25) is 0 Å². The Balaban J connectivity index is 1.91. The van der Waals surface area contributed by atoms with Crippen LogP contribution in [-0.2, 0) is 14.8 Å². The van der Waals surface area contributed by atoms with Gasteiger partial charge in [-0.3, -0.25) is 0 Å². The Kier molecular flexibility index (Phi) is 6.56. The Bertz CT molecular complexity index is 1210. The molecule has 0 aliphatic heterocycles. The maximum Gasteiger partial charge on any atom is 0.374 e. The summed E-state index contributed by atoms with van der Waals surface area (Å²) in [6.07, 6.45) is 0. The van der Waals surface area contributed by atoms with Crippen molar-refractivity contribution in [3.8, 4) is 11.5 Å². The molecule has 1 heterocycles. The van der Waals surface area contributed by atoms with E-state index in [9.17, 15) is 13.2 Å². The van der Waals surface area contributed by atoms with Gasteiger partial charge in [-0.15, -0.1) is 0 Å². The van der Waals surface area contributed by atoms with Crippen LogP contribution in [0, 0.1) is 6.92 Å². The molecule has 1 N–H and O–H groups in total. The first-order valence-corrected chi connectivity index (χ1v) is 11.1. The van der Waals surface area contributed by atoms with Crippen molar-refractivity contribution in [2.24, 2.45) is 0 Å². The highest BCUT2D eigenvalue weighted by Crippen LogP contribution is 2.31. The van der Waals surface area contributed by atoms with E-state index in [1.54, 1.807) is 39.0 Å². The van der Waals surface area contributed by atoms with Gasteiger partial charge in [0.25, 0.3) is 0 Å². The van der Waals surface area contributed by atoms with E-state index in [1.807, 2.05) is 0 Å². The summed E-state index contributed by atoms with van der Waals surface area (Å²) in [5, 5.41) is 0.532. The number of carbonyl (C=O) groups excluding carboxylic acids is 1. The summed E-state index contributed by atoms with van der Waals surface area (Å²) in [5.41, 5.74) is 1.65. The van der Waals surface area contributed by atoms with Crippen molar-refractivity contribution in [3.63, 3.8) is 0 Å². The molecular weight excluding hydrogens is 422 g/mol. The molecular formula is C22H25NO7S. The number of hydrogen-bond acceptors (Lipinski definition) is 7. The van der Waals surface area contributed by atoms with Crippen LogP contribution in [0.25, 0.3) is 11.0 Å². The fourth-order valence-corrected chi connectivity index (χ4v) is 4.51. The number of sulfonamides is 1. The number of fused-ring (bicyclic) bond motifs is 1. The second kappa shape index (κ2) is 8.99. The second-order valence-electron chi connectivity index (χ2n) is 6.89. The van der Waals surface area contributed by atoms with Gasteiger partial charge in [-0.05, 0) is 56.7 Å². The molecule has 0 fully saturated rings. The number of rotatable bonds is 8. The number of benzene rings is 2. The zero-order chi connectivity index (χ0) is 22.8. The maximum atomic E-state index is 13.0. The van der Waals surface area contributed by atoms with Crippen molar-refractivity contribution in [3.05, 3.63) is 53.3 Å². The molecule has 31 heavy (non-hydrogen) atoms. The molecule has 3 rings (SSSR count). The Morgan fingerprint density at radius 1 is 1.10 bits per heavy atom. The summed E-state index contributed by atoms with van der Waals surface area (Å²) >= 11 is 0. The SMILES string of the molecule is CCOC(=O)c1oc2ccc(S(=O)(=O)NC(C)c3ccc(OC)c(OC)c3)cc2c1C. The Morgan fingerprint density at radius 3 is 2.45 bits per heavy atom. The molecule has 1 unspecified atom stereocenters. The van der Waals surface area contributed by atoms with Gasteiger partial charge < -0.3 is 18.6 Å². The fraction of sp³-hybridized carbons (Fsp3) is 0.318. The fourth-order valence-electron chi connectivity index (χ4n) is 3.25. The van der Waals surface area contributed by atoms with Crippen LogP contribution in [0.15, 0.2) is 45.7 Å². The largest absolute Gasteiger partial charge is 0.493 e. The molecule has 0 spiro atoms. The van der Waals surface area contributed by atoms with E-state index in [1.165, 1.54) is 32.4 Å². The van der Waals surface area contributed by atoms with E-state index in [4.69, 9.17) is 18.6 Å². The monoisotopic (exact) mass is 447 g/mol. The summed E-state index contributed by atoms with van der Waals surface area (Å²) in [6.45, 7) is 5.34. The Labute approximate surface area is 181 Å². The lowest BCUT2D eigenvalue weighted by molar-refractivity contribution is 0.0491. The predicted octanol–water partition coefficient (Wildman–Crippen LogP) is 3.97. The van der Waals surface area contributed by atoms with Crippen LogP contribution in [0.1, 0.15) is 41.6 Å². The third-order valence-electron chi connectivity index (χ3n) is 4.92. The number of nitrogens with one attached hydrogen (secondary N) is 1. The summed E-state index contributed by atoms with van der Waals surface area (Å²) in [6, 6.07) is 9.13. The lowest BCUT2D eigenvalue weighted by Gasteiger charge is -2.17. The van der Waals surface area contributed by atoms with Gasteiger partial charge in [0.2, 0.25) is 15.8 Å². The van der Waals surface area contributed by atoms with Crippen LogP contribution in [0.5, 0.6) is 11.5 Å². The first kappa shape index (κ1) is 22.6. The van der Waals surface area contributed by atoms with E-state index in [2.05, 4.69) is 4.72 Å². The zero-order valence-corrected chi connectivity index (χ0v) is 18.8. The van der Waals surface area contributed by atoms with Gasteiger partial charge in [-0.2, -0.15) is 0 Å². The number of esters is 1. The van der Waals surface area contributed by atoms with E-state index in [0.29, 0.717) is 33.6 Å². The van der Waals surface area contributed by atoms with Crippen LogP contribution >= 0.6 is 0 Å². The molecule has 0 amide bonds. The van der Waals surface area contributed by atoms with Crippen molar-refractivity contribution >= 4 is 27.0 Å². The average Bonchev–Trinajstić information content (AvgIpc) is 3.09. The van der Waals surface area contributed by atoms with Crippen LogP contribution in [0.4, 0.5) is 0 Å². The van der Waals surface area contributed by atoms with Crippen molar-refractivity contribution in [1.29, 1.82) is 0 Å². The van der Waals surface area contributed by atoms with Gasteiger partial charge in [0.1, 0.15) is 5.58 Å². The average molecular weight is 448 g/mol. The topological polar surface area (TPSA) is 104 Å². The Morgan fingerprint density at radius 2 is 1.81 bits per heavy atom. The molecule has 3 aromatic rings. The van der Waals surface area contributed by atoms with E-state index in [-0.39, 0.29) is 17.3 Å². The van der Waals surface area contributed by atoms with Crippen LogP contribution in [0.3, 0.4) is 0 Å². The van der Waals surface area contributed by atoms with Gasteiger partial charge in [0, 0.05) is 17.0 Å². The lowest BCUT2D eigenvalue weighted by Crippen LogP contribution is -2.26. The smallest absolute Gasteiger partial charge is 0.374 e. The highest BCUT2D eigenvalue weighted by Gasteiger charge is 2.23. The zero-order valence-electron chi connectivity index (χ0n) is 18.0. The number of hydrogen-bond donors (Lipinski definition) is 1. The summed E-state index contributed by atoms with van der Waals surface area (Å²) in [5.74, 6) is 0.548. The van der Waals surface area contributed by atoms with Gasteiger partial charge in [0.05, 0.1) is 25.7 Å². The third kappa shape index (κ3) is 4.52. The van der Waals surface area contributed by atoms with Gasteiger partial charge in [-0.25, -0.2) is 17.9 Å². The molecule has 0 saturated heterocycles. The van der Waals surface area contributed by atoms with Crippen molar-refractivity contribution in [1.82, 2.24) is 4.72 Å². The van der Waals surface area contributed by atoms with Crippen molar-refractivity contribution < 1.29 is 31.8 Å². The molecule has 0 radical (unpaired) electrons. The summed E-state index contributed by atoms with van der Waals surface area (Å²) < 4.78 is 49.7. The molecule has 8 nitrogen and oxygen atoms in total. The van der Waals surface area contributed by atoms with E-state index in [0.717, 1.165) is 0 Å². The third-order valence-corrected chi connectivity index (χ3v) is 6.46. The van der Waals surface area contributed by atoms with E-state index < -0.39 is 22.0 Å².